The van der Waals surface area contributed by atoms with E-state index in [1.807, 2.05) is 11.8 Å². The normalized spacial score (nSPS) is 20.4. The van der Waals surface area contributed by atoms with Gasteiger partial charge < -0.3 is 15.1 Å². The minimum Gasteiger partial charge on any atom is -0.372 e. The van der Waals surface area contributed by atoms with E-state index < -0.39 is 9.84 Å². The maximum atomic E-state index is 13.0. The smallest absolute Gasteiger partial charge is 0.245 e. The highest BCUT2D eigenvalue weighted by atomic mass is 35.5. The quantitative estimate of drug-likeness (QED) is 0.714. The topological polar surface area (TPSA) is 108 Å². The van der Waals surface area contributed by atoms with Crippen molar-refractivity contribution in [2.24, 2.45) is 0 Å². The molecule has 0 aliphatic carbocycles. The predicted molar refractivity (Wildman–Crippen MR) is 118 cm³/mol. The third-order valence-corrected chi connectivity index (χ3v) is 7.05. The van der Waals surface area contributed by atoms with Gasteiger partial charge in [-0.25, -0.2) is 23.4 Å². The average Bonchev–Trinajstić information content (AvgIpc) is 3.10. The number of aryl methyl sites for hydroxylation is 1. The van der Waals surface area contributed by atoms with Gasteiger partial charge in [-0.05, 0) is 37.8 Å². The van der Waals surface area contributed by atoms with Crippen LogP contribution in [0.3, 0.4) is 0 Å². The number of piperidine rings is 1. The second-order valence-electron chi connectivity index (χ2n) is 8.04. The first-order valence-corrected chi connectivity index (χ1v) is 12.5. The fourth-order valence-corrected chi connectivity index (χ4v) is 4.88. The first-order valence-electron chi connectivity index (χ1n) is 10.2. The van der Waals surface area contributed by atoms with Crippen molar-refractivity contribution in [1.82, 2.24) is 19.9 Å². The van der Waals surface area contributed by atoms with E-state index in [0.717, 1.165) is 43.6 Å². The molecule has 166 valence electrons. The summed E-state index contributed by atoms with van der Waals surface area (Å²) in [6, 6.07) is 1.40. The number of carbonyl (C=O) groups excluding carboxylic acids is 1. The molecule has 1 atom stereocenters. The molecule has 2 saturated heterocycles. The Balaban J connectivity index is 1.36. The molecule has 0 saturated carbocycles. The highest BCUT2D eigenvalue weighted by Crippen LogP contribution is 2.27. The molecule has 1 N–H and O–H groups in total. The van der Waals surface area contributed by atoms with Gasteiger partial charge in [-0.3, -0.25) is 4.79 Å². The monoisotopic (exact) mass is 464 g/mol. The molecule has 2 aromatic heterocycles. The molecule has 4 rings (SSSR count). The summed E-state index contributed by atoms with van der Waals surface area (Å²) in [5, 5.41) is 3.66. The van der Waals surface area contributed by atoms with Crippen molar-refractivity contribution in [1.29, 1.82) is 0 Å². The van der Waals surface area contributed by atoms with Gasteiger partial charge in [0.1, 0.15) is 17.0 Å². The van der Waals surface area contributed by atoms with Gasteiger partial charge in [0.15, 0.2) is 14.9 Å². The number of anilines is 2. The molecule has 4 heterocycles. The summed E-state index contributed by atoms with van der Waals surface area (Å²) < 4.78 is 23.4. The van der Waals surface area contributed by atoms with Gasteiger partial charge in [-0.15, -0.1) is 0 Å². The zero-order valence-electron chi connectivity index (χ0n) is 17.5. The third-order valence-electron chi connectivity index (χ3n) is 5.87. The Labute approximate surface area is 186 Å². The van der Waals surface area contributed by atoms with Gasteiger partial charge >= 0.3 is 0 Å². The van der Waals surface area contributed by atoms with Crippen LogP contribution in [0.25, 0.3) is 0 Å². The summed E-state index contributed by atoms with van der Waals surface area (Å²) in [5.41, 5.74) is 1.43. The fraction of sp³-hybridized carbons (Fsp3) is 0.500. The molecule has 2 aliphatic heterocycles. The van der Waals surface area contributed by atoms with Gasteiger partial charge in [-0.1, -0.05) is 11.6 Å². The van der Waals surface area contributed by atoms with Crippen molar-refractivity contribution < 1.29 is 13.2 Å². The number of hydrogen-bond acceptors (Lipinski definition) is 8. The predicted octanol–water partition coefficient (Wildman–Crippen LogP) is 1.92. The molecule has 1 amide bonds. The Hall–Kier alpha value is -2.46. The lowest BCUT2D eigenvalue weighted by Crippen LogP contribution is -2.47. The van der Waals surface area contributed by atoms with E-state index in [1.165, 1.54) is 12.3 Å². The zero-order chi connectivity index (χ0) is 22.2. The van der Waals surface area contributed by atoms with Gasteiger partial charge in [-0.2, -0.15) is 0 Å². The van der Waals surface area contributed by atoms with Gasteiger partial charge in [0.25, 0.3) is 0 Å². The Morgan fingerprint density at radius 3 is 2.42 bits per heavy atom. The van der Waals surface area contributed by atoms with E-state index in [9.17, 15) is 13.2 Å². The lowest BCUT2D eigenvalue weighted by Gasteiger charge is -2.37. The summed E-state index contributed by atoms with van der Waals surface area (Å²) in [7, 11) is -3.36. The molecule has 2 fully saturated rings. The number of nitrogens with one attached hydrogen (secondary N) is 1. The number of sulfone groups is 1. The maximum Gasteiger partial charge on any atom is 0.245 e. The second kappa shape index (κ2) is 8.58. The summed E-state index contributed by atoms with van der Waals surface area (Å²) in [6.07, 6.45) is 8.28. The SMILES string of the molecule is Cc1cc(S(C)(=O)=O)ncc1N[C@H]1CCN(C2CCN(c3cnc(Cl)cn3)CC2)C1=O. The fourth-order valence-electron chi connectivity index (χ4n) is 4.15. The number of aromatic nitrogens is 3. The van der Waals surface area contributed by atoms with Crippen molar-refractivity contribution >= 4 is 38.9 Å². The van der Waals surface area contributed by atoms with E-state index in [1.54, 1.807) is 12.4 Å². The maximum absolute atomic E-state index is 13.0. The largest absolute Gasteiger partial charge is 0.372 e. The molecule has 0 aromatic carbocycles. The first-order chi connectivity index (χ1) is 14.7. The molecular weight excluding hydrogens is 440 g/mol. The minimum atomic E-state index is -3.36. The Morgan fingerprint density at radius 2 is 1.81 bits per heavy atom. The Kier molecular flexibility index (Phi) is 6.02. The average molecular weight is 465 g/mol. The van der Waals surface area contributed by atoms with Crippen LogP contribution < -0.4 is 10.2 Å². The van der Waals surface area contributed by atoms with Crippen LogP contribution in [-0.4, -0.2) is 72.2 Å². The highest BCUT2D eigenvalue weighted by molar-refractivity contribution is 7.90. The van der Waals surface area contributed by atoms with Crippen LogP contribution >= 0.6 is 11.6 Å². The lowest BCUT2D eigenvalue weighted by atomic mass is 10.0. The van der Waals surface area contributed by atoms with E-state index in [2.05, 4.69) is 25.2 Å². The third kappa shape index (κ3) is 4.74. The standard InChI is InChI=1S/C20H25ClN6O3S/c1-13-9-19(31(2,29)30)24-10-16(13)25-15-5-8-27(20(15)28)14-3-6-26(7-4-14)18-12-22-17(21)11-23-18/h9-12,14-15,25H,3-8H2,1-2H3/t15-/m0/s1. The molecule has 2 aliphatic rings. The van der Waals surface area contributed by atoms with Crippen molar-refractivity contribution in [2.45, 2.75) is 43.3 Å². The lowest BCUT2D eigenvalue weighted by molar-refractivity contribution is -0.130. The van der Waals surface area contributed by atoms with Crippen LogP contribution in [0.15, 0.2) is 29.7 Å². The number of likely N-dealkylation sites (tertiary alicyclic amines) is 1. The summed E-state index contributed by atoms with van der Waals surface area (Å²) in [6.45, 7) is 4.12. The summed E-state index contributed by atoms with van der Waals surface area (Å²) >= 11 is 5.81. The number of carbonyl (C=O) groups is 1. The van der Waals surface area contributed by atoms with Crippen molar-refractivity contribution in [3.63, 3.8) is 0 Å². The summed E-state index contributed by atoms with van der Waals surface area (Å²) in [4.78, 5) is 29.6. The summed E-state index contributed by atoms with van der Waals surface area (Å²) in [5.74, 6) is 0.881. The van der Waals surface area contributed by atoms with Crippen molar-refractivity contribution in [3.05, 3.63) is 35.4 Å². The molecule has 9 nitrogen and oxygen atoms in total. The Bertz CT molecular complexity index is 1070. The first kappa shape index (κ1) is 21.8. The van der Waals surface area contributed by atoms with Crippen LogP contribution in [0.2, 0.25) is 5.15 Å². The number of amides is 1. The van der Waals surface area contributed by atoms with Crippen molar-refractivity contribution in [3.8, 4) is 0 Å². The molecule has 0 spiro atoms. The van der Waals surface area contributed by atoms with Crippen LogP contribution in [0.1, 0.15) is 24.8 Å². The van der Waals surface area contributed by atoms with Crippen molar-refractivity contribution in [2.75, 3.05) is 36.1 Å². The number of halogens is 1. The second-order valence-corrected chi connectivity index (χ2v) is 10.4. The molecular formula is C20H25ClN6O3S. The number of hydrogen-bond donors (Lipinski definition) is 1. The van der Waals surface area contributed by atoms with Crippen LogP contribution in [0, 0.1) is 6.92 Å². The zero-order valence-corrected chi connectivity index (χ0v) is 19.0. The van der Waals surface area contributed by atoms with Crippen LogP contribution in [-0.2, 0) is 14.6 Å². The number of pyridine rings is 1. The molecule has 2 aromatic rings. The van der Waals surface area contributed by atoms with Gasteiger partial charge in [0, 0.05) is 31.9 Å². The van der Waals surface area contributed by atoms with Crippen LogP contribution in [0.5, 0.6) is 0 Å². The molecule has 0 bridgehead atoms. The minimum absolute atomic E-state index is 0.0343. The molecule has 0 radical (unpaired) electrons. The van der Waals surface area contributed by atoms with E-state index in [-0.39, 0.29) is 23.0 Å². The van der Waals surface area contributed by atoms with Gasteiger partial charge in [0.2, 0.25) is 5.91 Å². The van der Waals surface area contributed by atoms with E-state index in [4.69, 9.17) is 11.6 Å². The van der Waals surface area contributed by atoms with E-state index >= 15 is 0 Å². The molecule has 0 unspecified atom stereocenters. The molecule has 31 heavy (non-hydrogen) atoms. The van der Waals surface area contributed by atoms with E-state index in [0.29, 0.717) is 23.8 Å². The molecule has 11 heteroatoms. The van der Waals surface area contributed by atoms with Gasteiger partial charge in [0.05, 0.1) is 24.3 Å². The van der Waals surface area contributed by atoms with Crippen LogP contribution in [0.4, 0.5) is 11.5 Å². The Morgan fingerprint density at radius 1 is 1.06 bits per heavy atom. The number of nitrogens with zero attached hydrogens (tertiary/aromatic N) is 5. The highest BCUT2D eigenvalue weighted by Gasteiger charge is 2.37. The number of rotatable bonds is 5.